The Hall–Kier alpha value is 0.894. The summed E-state index contributed by atoms with van der Waals surface area (Å²) < 4.78 is 23.3. The van der Waals surface area contributed by atoms with Crippen LogP contribution in [0.3, 0.4) is 0 Å². The lowest BCUT2D eigenvalue weighted by Gasteiger charge is -2.36. The molecule has 0 aliphatic rings. The van der Waals surface area contributed by atoms with Gasteiger partial charge in [-0.3, -0.25) is 0 Å². The first-order valence-corrected chi connectivity index (χ1v) is 14.0. The second kappa shape index (κ2) is 13.1. The van der Waals surface area contributed by atoms with Crippen LogP contribution in [-0.4, -0.2) is 77.7 Å². The van der Waals surface area contributed by atoms with Crippen molar-refractivity contribution in [3.8, 4) is 0 Å². The smallest absolute Gasteiger partial charge is 0.364 e. The molecule has 4 unspecified atom stereocenters. The molecule has 0 aromatic carbocycles. The van der Waals surface area contributed by atoms with Crippen molar-refractivity contribution >= 4 is 42.4 Å². The zero-order valence-electron chi connectivity index (χ0n) is 15.2. The molecule has 0 aliphatic heterocycles. The fourth-order valence-electron chi connectivity index (χ4n) is 2.35. The van der Waals surface area contributed by atoms with E-state index in [2.05, 4.69) is 25.3 Å². The van der Waals surface area contributed by atoms with Gasteiger partial charge in [-0.2, -0.15) is 25.3 Å². The van der Waals surface area contributed by atoms with Crippen molar-refractivity contribution in [2.75, 3.05) is 38.2 Å². The van der Waals surface area contributed by atoms with Crippen molar-refractivity contribution in [1.82, 2.24) is 0 Å². The molecular formula is C14H34O6S2Si2. The summed E-state index contributed by atoms with van der Waals surface area (Å²) in [6.07, 6.45) is 0.852. The minimum absolute atomic E-state index is 0.110. The second-order valence-corrected chi connectivity index (χ2v) is 13.3. The second-order valence-electron chi connectivity index (χ2n) is 5.85. The highest BCUT2D eigenvalue weighted by molar-refractivity contribution is 7.80. The van der Waals surface area contributed by atoms with Gasteiger partial charge in [0.1, 0.15) is 0 Å². The van der Waals surface area contributed by atoms with Crippen molar-refractivity contribution in [3.05, 3.63) is 0 Å². The van der Waals surface area contributed by atoms with Gasteiger partial charge in [0.15, 0.2) is 0 Å². The molecular weight excluding hydrogens is 384 g/mol. The van der Waals surface area contributed by atoms with Crippen LogP contribution in [0, 0.1) is 0 Å². The lowest BCUT2D eigenvalue weighted by Crippen LogP contribution is -2.54. The van der Waals surface area contributed by atoms with Crippen LogP contribution in [0.1, 0.15) is 26.7 Å². The number of aliphatic hydroxyl groups is 2. The van der Waals surface area contributed by atoms with E-state index >= 15 is 0 Å². The Kier molecular flexibility index (Phi) is 13.6. The van der Waals surface area contributed by atoms with Crippen molar-refractivity contribution in [1.29, 1.82) is 0 Å². The van der Waals surface area contributed by atoms with Gasteiger partial charge in [0, 0.05) is 14.2 Å². The van der Waals surface area contributed by atoms with E-state index in [1.807, 2.05) is 13.8 Å². The highest BCUT2D eigenvalue weighted by atomic mass is 32.1. The van der Waals surface area contributed by atoms with Crippen LogP contribution in [0.2, 0.25) is 12.1 Å². The quantitative estimate of drug-likeness (QED) is 0.239. The standard InChI is InChI=1S/C14H34O6S2Si2/c1-13(19-23(11-15,17-3)9-5-7-21)14(2)20-24(12-16,18-4)10-6-8-22/h13-16,21-22H,5-12H2,1-4H3. The molecule has 0 aliphatic carbocycles. The number of hydrogen-bond acceptors (Lipinski definition) is 8. The number of thiol groups is 2. The minimum atomic E-state index is -2.68. The normalized spacial score (nSPS) is 19.5. The molecule has 0 aromatic rings. The Morgan fingerprint density at radius 1 is 0.792 bits per heavy atom. The van der Waals surface area contributed by atoms with Crippen LogP contribution in [0.5, 0.6) is 0 Å². The summed E-state index contributed by atoms with van der Waals surface area (Å²) in [5, 5.41) is 19.5. The predicted octanol–water partition coefficient (Wildman–Crippen LogP) is 1.68. The highest BCUT2D eigenvalue weighted by Crippen LogP contribution is 2.23. The van der Waals surface area contributed by atoms with E-state index in [1.165, 1.54) is 0 Å². The summed E-state index contributed by atoms with van der Waals surface area (Å²) in [5.41, 5.74) is 0. The minimum Gasteiger partial charge on any atom is -0.396 e. The van der Waals surface area contributed by atoms with Gasteiger partial charge in [-0.1, -0.05) is 0 Å². The van der Waals surface area contributed by atoms with E-state index in [9.17, 15) is 10.2 Å². The Morgan fingerprint density at radius 2 is 1.12 bits per heavy atom. The largest absolute Gasteiger partial charge is 0.396 e. The topological polar surface area (TPSA) is 77.4 Å². The summed E-state index contributed by atoms with van der Waals surface area (Å²) in [5.74, 6) is 1.44. The predicted molar refractivity (Wildman–Crippen MR) is 107 cm³/mol. The van der Waals surface area contributed by atoms with Gasteiger partial charge >= 0.3 is 17.1 Å². The molecule has 6 nitrogen and oxygen atoms in total. The number of aliphatic hydroxyl groups excluding tert-OH is 2. The molecule has 0 spiro atoms. The van der Waals surface area contributed by atoms with E-state index < -0.39 is 17.1 Å². The number of rotatable bonds is 15. The van der Waals surface area contributed by atoms with Crippen molar-refractivity contribution in [2.45, 2.75) is 51.0 Å². The zero-order valence-corrected chi connectivity index (χ0v) is 19.0. The summed E-state index contributed by atoms with van der Waals surface area (Å²) in [7, 11) is -2.22. The third-order valence-electron chi connectivity index (χ3n) is 4.12. The van der Waals surface area contributed by atoms with Gasteiger partial charge in [-0.15, -0.1) is 0 Å². The van der Waals surface area contributed by atoms with E-state index in [4.69, 9.17) is 17.7 Å². The Balaban J connectivity index is 4.89. The van der Waals surface area contributed by atoms with E-state index in [0.29, 0.717) is 12.1 Å². The molecule has 0 amide bonds. The first kappa shape index (κ1) is 24.9. The van der Waals surface area contributed by atoms with Crippen LogP contribution >= 0.6 is 25.3 Å². The van der Waals surface area contributed by atoms with E-state index in [1.54, 1.807) is 14.2 Å². The molecule has 0 saturated heterocycles. The Morgan fingerprint density at radius 3 is 1.33 bits per heavy atom. The molecule has 0 fully saturated rings. The van der Waals surface area contributed by atoms with Gasteiger partial charge in [0.2, 0.25) is 0 Å². The molecule has 2 N–H and O–H groups in total. The molecule has 0 heterocycles. The maximum Gasteiger partial charge on any atom is 0.364 e. The third kappa shape index (κ3) is 8.06. The van der Waals surface area contributed by atoms with Crippen LogP contribution in [0.15, 0.2) is 0 Å². The Labute approximate surface area is 159 Å². The van der Waals surface area contributed by atoms with Crippen LogP contribution < -0.4 is 0 Å². The first-order chi connectivity index (χ1) is 11.4. The van der Waals surface area contributed by atoms with Crippen LogP contribution in [0.4, 0.5) is 0 Å². The molecule has 146 valence electrons. The molecule has 0 rings (SSSR count). The van der Waals surface area contributed by atoms with Gasteiger partial charge in [-0.05, 0) is 50.3 Å². The van der Waals surface area contributed by atoms with Gasteiger partial charge in [0.25, 0.3) is 0 Å². The highest BCUT2D eigenvalue weighted by Gasteiger charge is 2.42. The van der Waals surface area contributed by atoms with E-state index in [0.717, 1.165) is 24.3 Å². The summed E-state index contributed by atoms with van der Waals surface area (Å²) in [4.78, 5) is 0. The average Bonchev–Trinajstić information content (AvgIpc) is 2.62. The van der Waals surface area contributed by atoms with E-state index in [-0.39, 0.29) is 24.7 Å². The van der Waals surface area contributed by atoms with Gasteiger partial charge < -0.3 is 27.9 Å². The molecule has 0 aromatic heterocycles. The molecule has 0 radical (unpaired) electrons. The monoisotopic (exact) mass is 418 g/mol. The maximum absolute atomic E-state index is 9.76. The average molecular weight is 419 g/mol. The first-order valence-electron chi connectivity index (χ1n) is 8.27. The third-order valence-corrected chi connectivity index (χ3v) is 11.0. The lowest BCUT2D eigenvalue weighted by molar-refractivity contribution is 0.0142. The zero-order chi connectivity index (χ0) is 18.6. The molecule has 0 saturated carbocycles. The van der Waals surface area contributed by atoms with Crippen molar-refractivity contribution in [2.24, 2.45) is 0 Å². The molecule has 4 atom stereocenters. The molecule has 24 heavy (non-hydrogen) atoms. The Bertz CT molecular complexity index is 290. The molecule has 0 bridgehead atoms. The summed E-state index contributed by atoms with van der Waals surface area (Å²) in [6.45, 7) is 3.79. The fourth-order valence-corrected chi connectivity index (χ4v) is 7.99. The SMILES string of the molecule is CO[Si](CO)(CCCS)OC(C)C(C)O[Si](CO)(CCCS)OC. The van der Waals surface area contributed by atoms with Crippen molar-refractivity contribution < 1.29 is 27.9 Å². The van der Waals surface area contributed by atoms with Gasteiger partial charge in [-0.25, -0.2) is 0 Å². The summed E-state index contributed by atoms with van der Waals surface area (Å²) >= 11 is 8.43. The van der Waals surface area contributed by atoms with Crippen LogP contribution in [0.25, 0.3) is 0 Å². The maximum atomic E-state index is 9.76. The lowest BCUT2D eigenvalue weighted by atomic mass is 10.3. The van der Waals surface area contributed by atoms with Gasteiger partial charge in [0.05, 0.1) is 24.7 Å². The van der Waals surface area contributed by atoms with Crippen LogP contribution in [-0.2, 0) is 17.7 Å². The number of hydrogen-bond donors (Lipinski definition) is 4. The van der Waals surface area contributed by atoms with Crippen molar-refractivity contribution in [3.63, 3.8) is 0 Å². The fraction of sp³-hybridized carbons (Fsp3) is 1.00. The molecule has 10 heteroatoms. The summed E-state index contributed by atoms with van der Waals surface area (Å²) in [6, 6.07) is 1.35.